The predicted octanol–water partition coefficient (Wildman–Crippen LogP) is 2.15. The van der Waals surface area contributed by atoms with Gasteiger partial charge in [-0.15, -0.1) is 23.2 Å². The second kappa shape index (κ2) is 5.10. The standard InChI is InChI=1S/C9H11BrCl2O4/c1-4(13)16-5-2-3-9(10,8(14)15)7(12)6(5)11/h5-7H,2-3H2,1H3,(H,14,15). The Bertz CT molecular complexity index is 312. The number of hydrogen-bond donors (Lipinski definition) is 1. The molecule has 7 heteroatoms. The van der Waals surface area contributed by atoms with Gasteiger partial charge in [0, 0.05) is 6.92 Å². The first-order valence-corrected chi connectivity index (χ1v) is 6.33. The Labute approximate surface area is 111 Å². The van der Waals surface area contributed by atoms with Crippen LogP contribution in [-0.2, 0) is 14.3 Å². The van der Waals surface area contributed by atoms with E-state index in [0.717, 1.165) is 0 Å². The minimum Gasteiger partial charge on any atom is -0.480 e. The van der Waals surface area contributed by atoms with Gasteiger partial charge in [0.05, 0.1) is 10.8 Å². The largest absolute Gasteiger partial charge is 0.480 e. The van der Waals surface area contributed by atoms with E-state index in [-0.39, 0.29) is 6.42 Å². The quantitative estimate of drug-likeness (QED) is 0.621. The van der Waals surface area contributed by atoms with E-state index in [1.165, 1.54) is 6.92 Å². The lowest BCUT2D eigenvalue weighted by atomic mass is 9.86. The SMILES string of the molecule is CC(=O)OC1CCC(Br)(C(=O)O)C(Cl)C1Cl. The van der Waals surface area contributed by atoms with Crippen LogP contribution in [0.4, 0.5) is 0 Å². The molecule has 1 aliphatic rings. The summed E-state index contributed by atoms with van der Waals surface area (Å²) in [5.41, 5.74) is 0. The Morgan fingerprint density at radius 1 is 1.50 bits per heavy atom. The summed E-state index contributed by atoms with van der Waals surface area (Å²) in [5, 5.41) is 7.49. The maximum atomic E-state index is 11.1. The van der Waals surface area contributed by atoms with Crippen LogP contribution in [0.2, 0.25) is 0 Å². The van der Waals surface area contributed by atoms with E-state index in [1.807, 2.05) is 0 Å². The molecule has 1 rings (SSSR count). The molecule has 0 heterocycles. The maximum Gasteiger partial charge on any atom is 0.322 e. The zero-order valence-corrected chi connectivity index (χ0v) is 11.5. The molecule has 0 spiro atoms. The number of ether oxygens (including phenoxy) is 1. The average Bonchev–Trinajstić information content (AvgIpc) is 2.18. The Morgan fingerprint density at radius 2 is 2.06 bits per heavy atom. The van der Waals surface area contributed by atoms with Crippen molar-refractivity contribution in [3.8, 4) is 0 Å². The molecule has 1 fully saturated rings. The van der Waals surface area contributed by atoms with Crippen LogP contribution in [0.25, 0.3) is 0 Å². The molecule has 0 aliphatic heterocycles. The number of aliphatic carboxylic acids is 1. The Morgan fingerprint density at radius 3 is 2.50 bits per heavy atom. The highest BCUT2D eigenvalue weighted by atomic mass is 79.9. The van der Waals surface area contributed by atoms with Gasteiger partial charge in [-0.25, -0.2) is 0 Å². The van der Waals surface area contributed by atoms with E-state index in [1.54, 1.807) is 0 Å². The highest BCUT2D eigenvalue weighted by Crippen LogP contribution is 2.43. The molecular formula is C9H11BrCl2O4. The third-order valence-electron chi connectivity index (χ3n) is 2.54. The van der Waals surface area contributed by atoms with Crippen LogP contribution in [0.1, 0.15) is 19.8 Å². The van der Waals surface area contributed by atoms with E-state index in [0.29, 0.717) is 6.42 Å². The van der Waals surface area contributed by atoms with Crippen LogP contribution in [-0.4, -0.2) is 38.2 Å². The molecule has 0 aromatic carbocycles. The van der Waals surface area contributed by atoms with Gasteiger partial charge >= 0.3 is 11.9 Å². The zero-order valence-electron chi connectivity index (χ0n) is 8.45. The summed E-state index contributed by atoms with van der Waals surface area (Å²) in [4.78, 5) is 21.9. The second-order valence-electron chi connectivity index (χ2n) is 3.70. The van der Waals surface area contributed by atoms with Crippen LogP contribution < -0.4 is 0 Å². The van der Waals surface area contributed by atoms with Crippen molar-refractivity contribution in [2.75, 3.05) is 0 Å². The van der Waals surface area contributed by atoms with Gasteiger partial charge in [0.15, 0.2) is 0 Å². The lowest BCUT2D eigenvalue weighted by Crippen LogP contribution is -2.54. The number of carboxylic acid groups (broad SMARTS) is 1. The van der Waals surface area contributed by atoms with Gasteiger partial charge in [0.1, 0.15) is 10.4 Å². The molecule has 16 heavy (non-hydrogen) atoms. The van der Waals surface area contributed by atoms with Crippen molar-refractivity contribution in [1.29, 1.82) is 0 Å². The monoisotopic (exact) mass is 332 g/mol. The van der Waals surface area contributed by atoms with E-state index in [9.17, 15) is 9.59 Å². The molecule has 4 nitrogen and oxygen atoms in total. The summed E-state index contributed by atoms with van der Waals surface area (Å²) in [7, 11) is 0. The fourth-order valence-electron chi connectivity index (χ4n) is 1.65. The topological polar surface area (TPSA) is 63.6 Å². The lowest BCUT2D eigenvalue weighted by Gasteiger charge is -2.39. The molecule has 0 amide bonds. The van der Waals surface area contributed by atoms with Crippen LogP contribution in [0, 0.1) is 0 Å². The van der Waals surface area contributed by atoms with Crippen molar-refractivity contribution in [1.82, 2.24) is 0 Å². The van der Waals surface area contributed by atoms with E-state index >= 15 is 0 Å². The van der Waals surface area contributed by atoms with Gasteiger partial charge in [-0.3, -0.25) is 9.59 Å². The molecule has 4 unspecified atom stereocenters. The first-order valence-electron chi connectivity index (χ1n) is 4.66. The summed E-state index contributed by atoms with van der Waals surface area (Å²) in [6.45, 7) is 1.28. The molecule has 1 saturated carbocycles. The van der Waals surface area contributed by atoms with Crippen molar-refractivity contribution in [3.63, 3.8) is 0 Å². The maximum absolute atomic E-state index is 11.1. The predicted molar refractivity (Wildman–Crippen MR) is 63.4 cm³/mol. The van der Waals surface area contributed by atoms with Crippen LogP contribution in [0.5, 0.6) is 0 Å². The van der Waals surface area contributed by atoms with Gasteiger partial charge in [0.25, 0.3) is 0 Å². The van der Waals surface area contributed by atoms with E-state index < -0.39 is 33.1 Å². The van der Waals surface area contributed by atoms with Crippen molar-refractivity contribution in [3.05, 3.63) is 0 Å². The van der Waals surface area contributed by atoms with Crippen molar-refractivity contribution >= 4 is 51.1 Å². The zero-order chi connectivity index (χ0) is 12.5. The Balaban J connectivity index is 2.79. The second-order valence-corrected chi connectivity index (χ2v) is 6.09. The average molecular weight is 334 g/mol. The van der Waals surface area contributed by atoms with Crippen molar-refractivity contribution in [2.24, 2.45) is 0 Å². The molecule has 0 aromatic rings. The fourth-order valence-corrected chi connectivity index (χ4v) is 3.08. The third-order valence-corrected chi connectivity index (χ3v) is 5.34. The van der Waals surface area contributed by atoms with Crippen LogP contribution in [0.3, 0.4) is 0 Å². The summed E-state index contributed by atoms with van der Waals surface area (Å²) in [5.74, 6) is -1.50. The highest BCUT2D eigenvalue weighted by molar-refractivity contribution is 9.10. The van der Waals surface area contributed by atoms with Gasteiger partial charge in [-0.05, 0) is 12.8 Å². The summed E-state index contributed by atoms with van der Waals surface area (Å²) >= 11 is 15.1. The number of carboxylic acids is 1. The molecule has 92 valence electrons. The number of halogens is 3. The summed E-state index contributed by atoms with van der Waals surface area (Å²) in [6, 6.07) is 0. The Kier molecular flexibility index (Phi) is 4.49. The van der Waals surface area contributed by atoms with Gasteiger partial charge in [0.2, 0.25) is 0 Å². The first kappa shape index (κ1) is 14.1. The first-order chi connectivity index (χ1) is 7.29. The van der Waals surface area contributed by atoms with E-state index in [2.05, 4.69) is 15.9 Å². The molecule has 0 bridgehead atoms. The Hall–Kier alpha value is -0.000000000000000111. The van der Waals surface area contributed by atoms with Gasteiger partial charge in [-0.1, -0.05) is 15.9 Å². The molecular weight excluding hydrogens is 323 g/mol. The van der Waals surface area contributed by atoms with Crippen molar-refractivity contribution < 1.29 is 19.4 Å². The minimum absolute atomic E-state index is 0.262. The lowest BCUT2D eigenvalue weighted by molar-refractivity contribution is -0.148. The number of alkyl halides is 3. The molecule has 0 aromatic heterocycles. The summed E-state index contributed by atoms with van der Waals surface area (Å²) in [6.07, 6.45) is 0.0957. The number of carbonyl (C=O) groups excluding carboxylic acids is 1. The molecule has 4 atom stereocenters. The van der Waals surface area contributed by atoms with Crippen LogP contribution in [0.15, 0.2) is 0 Å². The summed E-state index contributed by atoms with van der Waals surface area (Å²) < 4.78 is 3.73. The van der Waals surface area contributed by atoms with Crippen LogP contribution >= 0.6 is 39.1 Å². The van der Waals surface area contributed by atoms with Gasteiger partial charge < -0.3 is 9.84 Å². The van der Waals surface area contributed by atoms with Gasteiger partial charge in [-0.2, -0.15) is 0 Å². The number of carbonyl (C=O) groups is 2. The van der Waals surface area contributed by atoms with E-state index in [4.69, 9.17) is 33.0 Å². The number of hydrogen-bond acceptors (Lipinski definition) is 3. The smallest absolute Gasteiger partial charge is 0.322 e. The molecule has 0 radical (unpaired) electrons. The molecule has 0 saturated heterocycles. The third kappa shape index (κ3) is 2.63. The fraction of sp³-hybridized carbons (Fsp3) is 0.778. The number of rotatable bonds is 2. The minimum atomic E-state index is -1.25. The molecule has 1 N–H and O–H groups in total. The normalized spacial score (nSPS) is 39.1. The highest BCUT2D eigenvalue weighted by Gasteiger charge is 2.52. The number of esters is 1. The molecule has 1 aliphatic carbocycles. The van der Waals surface area contributed by atoms with Crippen molar-refractivity contribution in [2.45, 2.75) is 40.9 Å².